The molecular formula is C12H15BrClNO. The number of piperidine rings is 1. The fraction of sp³-hybridized carbons (Fsp3) is 0.417. The van der Waals surface area contributed by atoms with Crippen molar-refractivity contribution in [1.29, 1.82) is 0 Å². The van der Waals surface area contributed by atoms with Crippen molar-refractivity contribution in [2.75, 3.05) is 6.54 Å². The van der Waals surface area contributed by atoms with Gasteiger partial charge in [0, 0.05) is 10.9 Å². The third-order valence-corrected chi connectivity index (χ3v) is 3.57. The molecule has 0 bridgehead atoms. The Kier molecular flexibility index (Phi) is 4.53. The van der Waals surface area contributed by atoms with Gasteiger partial charge in [0.05, 0.1) is 0 Å². The van der Waals surface area contributed by atoms with E-state index in [1.165, 1.54) is 0 Å². The number of hydrogen-bond donors (Lipinski definition) is 1. The van der Waals surface area contributed by atoms with E-state index in [0.29, 0.717) is 6.42 Å². The number of Topliss-reactive ketones (excluding diaryl/α,β-unsaturated/α-hetero) is 1. The van der Waals surface area contributed by atoms with E-state index in [-0.39, 0.29) is 18.2 Å². The summed E-state index contributed by atoms with van der Waals surface area (Å²) in [6, 6.07) is 7.95. The maximum atomic E-state index is 11.9. The van der Waals surface area contributed by atoms with Gasteiger partial charge in [-0.3, -0.25) is 4.79 Å². The minimum absolute atomic E-state index is 0. The van der Waals surface area contributed by atoms with Gasteiger partial charge in [-0.2, -0.15) is 0 Å². The Labute approximate surface area is 110 Å². The number of benzene rings is 1. The molecule has 1 aromatic rings. The average molecular weight is 305 g/mol. The standard InChI is InChI=1S/C12H14BrNO.ClH/c1-12(11(15)3-2-8-14-12)9-4-6-10(13)7-5-9;/h4-7,14H,2-3,8H2,1H3;1H. The smallest absolute Gasteiger partial charge is 0.157 e. The summed E-state index contributed by atoms with van der Waals surface area (Å²) >= 11 is 3.40. The normalized spacial score (nSPS) is 25.0. The zero-order valence-electron chi connectivity index (χ0n) is 9.13. The highest BCUT2D eigenvalue weighted by molar-refractivity contribution is 9.10. The molecule has 1 aliphatic rings. The van der Waals surface area contributed by atoms with Crippen LogP contribution < -0.4 is 5.32 Å². The van der Waals surface area contributed by atoms with Gasteiger partial charge in [0.2, 0.25) is 0 Å². The third kappa shape index (κ3) is 2.47. The van der Waals surface area contributed by atoms with Crippen LogP contribution in [0.15, 0.2) is 28.7 Å². The summed E-state index contributed by atoms with van der Waals surface area (Å²) < 4.78 is 1.04. The van der Waals surface area contributed by atoms with E-state index < -0.39 is 5.54 Å². The van der Waals surface area contributed by atoms with E-state index in [1.54, 1.807) is 0 Å². The Balaban J connectivity index is 0.00000128. The van der Waals surface area contributed by atoms with E-state index >= 15 is 0 Å². The molecule has 0 amide bonds. The largest absolute Gasteiger partial charge is 0.301 e. The number of carbonyl (C=O) groups excluding carboxylic acids is 1. The first kappa shape index (κ1) is 13.7. The predicted octanol–water partition coefficient (Wildman–Crippen LogP) is 3.04. The second-order valence-electron chi connectivity index (χ2n) is 4.09. The number of ketones is 1. The lowest BCUT2D eigenvalue weighted by atomic mass is 9.83. The van der Waals surface area contributed by atoms with Gasteiger partial charge in [-0.15, -0.1) is 12.4 Å². The molecule has 1 aliphatic heterocycles. The predicted molar refractivity (Wildman–Crippen MR) is 71.0 cm³/mol. The van der Waals surface area contributed by atoms with Crippen LogP contribution in [0.3, 0.4) is 0 Å². The average Bonchev–Trinajstić information content (AvgIpc) is 2.23. The van der Waals surface area contributed by atoms with Crippen LogP contribution in [0.5, 0.6) is 0 Å². The number of carbonyl (C=O) groups is 1. The summed E-state index contributed by atoms with van der Waals surface area (Å²) in [5.41, 5.74) is 0.564. The topological polar surface area (TPSA) is 29.1 Å². The monoisotopic (exact) mass is 303 g/mol. The van der Waals surface area contributed by atoms with Gasteiger partial charge in [-0.1, -0.05) is 28.1 Å². The molecule has 0 aliphatic carbocycles. The zero-order valence-corrected chi connectivity index (χ0v) is 11.5. The molecule has 0 saturated carbocycles. The van der Waals surface area contributed by atoms with Gasteiger partial charge in [-0.25, -0.2) is 0 Å². The lowest BCUT2D eigenvalue weighted by Crippen LogP contribution is -2.50. The van der Waals surface area contributed by atoms with Crippen molar-refractivity contribution in [3.8, 4) is 0 Å². The minimum Gasteiger partial charge on any atom is -0.301 e. The molecule has 0 spiro atoms. The van der Waals surface area contributed by atoms with Crippen molar-refractivity contribution in [3.63, 3.8) is 0 Å². The molecule has 0 radical (unpaired) electrons. The lowest BCUT2D eigenvalue weighted by Gasteiger charge is -2.33. The van der Waals surface area contributed by atoms with Crippen LogP contribution in [0.25, 0.3) is 0 Å². The highest BCUT2D eigenvalue weighted by Gasteiger charge is 2.36. The van der Waals surface area contributed by atoms with E-state index in [0.717, 1.165) is 23.0 Å². The third-order valence-electron chi connectivity index (χ3n) is 3.04. The maximum Gasteiger partial charge on any atom is 0.157 e. The van der Waals surface area contributed by atoms with E-state index in [9.17, 15) is 4.79 Å². The molecule has 1 N–H and O–H groups in total. The maximum absolute atomic E-state index is 11.9. The SMILES string of the molecule is CC1(c2ccc(Br)cc2)NCCCC1=O.Cl. The van der Waals surface area contributed by atoms with E-state index in [1.807, 2.05) is 31.2 Å². The Morgan fingerprint density at radius 3 is 2.50 bits per heavy atom. The second-order valence-corrected chi connectivity index (χ2v) is 5.00. The molecular weight excluding hydrogens is 289 g/mol. The molecule has 1 saturated heterocycles. The summed E-state index contributed by atoms with van der Waals surface area (Å²) in [6.07, 6.45) is 1.63. The van der Waals surface area contributed by atoms with Crippen molar-refractivity contribution in [2.24, 2.45) is 0 Å². The van der Waals surface area contributed by atoms with Crippen molar-refractivity contribution in [3.05, 3.63) is 34.3 Å². The summed E-state index contributed by atoms with van der Waals surface area (Å²) in [6.45, 7) is 2.88. The Hall–Kier alpha value is -0.380. The van der Waals surface area contributed by atoms with Crippen LogP contribution >= 0.6 is 28.3 Å². The van der Waals surface area contributed by atoms with Crippen LogP contribution in [-0.2, 0) is 10.3 Å². The van der Waals surface area contributed by atoms with Crippen molar-refractivity contribution >= 4 is 34.1 Å². The Morgan fingerprint density at radius 1 is 1.31 bits per heavy atom. The first-order valence-electron chi connectivity index (χ1n) is 5.17. The van der Waals surface area contributed by atoms with E-state index in [4.69, 9.17) is 0 Å². The van der Waals surface area contributed by atoms with Crippen LogP contribution in [-0.4, -0.2) is 12.3 Å². The molecule has 1 unspecified atom stereocenters. The van der Waals surface area contributed by atoms with Gasteiger partial charge in [-0.05, 0) is 37.6 Å². The van der Waals surface area contributed by atoms with Crippen LogP contribution in [0.1, 0.15) is 25.3 Å². The van der Waals surface area contributed by atoms with Gasteiger partial charge in [0.15, 0.2) is 5.78 Å². The van der Waals surface area contributed by atoms with Crippen molar-refractivity contribution in [2.45, 2.75) is 25.3 Å². The fourth-order valence-corrected chi connectivity index (χ4v) is 2.25. The number of nitrogens with one attached hydrogen (secondary N) is 1. The van der Waals surface area contributed by atoms with Crippen LogP contribution in [0.4, 0.5) is 0 Å². The highest BCUT2D eigenvalue weighted by Crippen LogP contribution is 2.27. The quantitative estimate of drug-likeness (QED) is 0.864. The molecule has 2 nitrogen and oxygen atoms in total. The Bertz CT molecular complexity index is 379. The molecule has 1 fully saturated rings. The summed E-state index contributed by atoms with van der Waals surface area (Å²) in [5, 5.41) is 3.32. The second kappa shape index (κ2) is 5.30. The van der Waals surface area contributed by atoms with Gasteiger partial charge < -0.3 is 5.32 Å². The number of rotatable bonds is 1. The highest BCUT2D eigenvalue weighted by atomic mass is 79.9. The van der Waals surface area contributed by atoms with E-state index in [2.05, 4.69) is 21.2 Å². The summed E-state index contributed by atoms with van der Waals surface area (Å²) in [7, 11) is 0. The zero-order chi connectivity index (χ0) is 10.9. The molecule has 88 valence electrons. The van der Waals surface area contributed by atoms with Crippen molar-refractivity contribution < 1.29 is 4.79 Å². The molecule has 2 rings (SSSR count). The van der Waals surface area contributed by atoms with Crippen LogP contribution in [0.2, 0.25) is 0 Å². The molecule has 4 heteroatoms. The fourth-order valence-electron chi connectivity index (χ4n) is 1.98. The summed E-state index contributed by atoms with van der Waals surface area (Å²) in [4.78, 5) is 11.9. The summed E-state index contributed by atoms with van der Waals surface area (Å²) in [5.74, 6) is 0.288. The molecule has 1 heterocycles. The van der Waals surface area contributed by atoms with Crippen LogP contribution in [0, 0.1) is 0 Å². The minimum atomic E-state index is -0.487. The first-order chi connectivity index (χ1) is 7.13. The number of halogens is 2. The molecule has 0 aromatic heterocycles. The first-order valence-corrected chi connectivity index (χ1v) is 5.96. The molecule has 16 heavy (non-hydrogen) atoms. The van der Waals surface area contributed by atoms with Gasteiger partial charge in [0.1, 0.15) is 5.54 Å². The van der Waals surface area contributed by atoms with Crippen molar-refractivity contribution in [1.82, 2.24) is 5.32 Å². The van der Waals surface area contributed by atoms with Gasteiger partial charge in [0.25, 0.3) is 0 Å². The lowest BCUT2D eigenvalue weighted by molar-refractivity contribution is -0.126. The van der Waals surface area contributed by atoms with Gasteiger partial charge >= 0.3 is 0 Å². The Morgan fingerprint density at radius 2 is 1.94 bits per heavy atom. The molecule has 1 aromatic carbocycles. The molecule has 1 atom stereocenters. The number of hydrogen-bond acceptors (Lipinski definition) is 2.